The molecule has 0 aliphatic carbocycles. The number of halogens is 1. The van der Waals surface area contributed by atoms with Crippen LogP contribution in [-0.2, 0) is 6.54 Å². The van der Waals surface area contributed by atoms with E-state index in [0.29, 0.717) is 18.2 Å². The van der Waals surface area contributed by atoms with E-state index in [9.17, 15) is 9.18 Å². The minimum absolute atomic E-state index is 0.224. The van der Waals surface area contributed by atoms with Gasteiger partial charge in [-0.1, -0.05) is 42.5 Å². The Morgan fingerprint density at radius 3 is 2.52 bits per heavy atom. The molecule has 2 N–H and O–H groups in total. The van der Waals surface area contributed by atoms with Crippen LogP contribution in [0.2, 0.25) is 0 Å². The lowest BCUT2D eigenvalue weighted by Gasteiger charge is -2.10. The van der Waals surface area contributed by atoms with E-state index < -0.39 is 5.82 Å². The van der Waals surface area contributed by atoms with Gasteiger partial charge in [-0.25, -0.2) is 14.4 Å². The predicted molar refractivity (Wildman–Crippen MR) is 94.1 cm³/mol. The Labute approximate surface area is 145 Å². The molecule has 126 valence electrons. The van der Waals surface area contributed by atoms with Crippen LogP contribution in [0, 0.1) is 12.7 Å². The number of hydrogen-bond donors (Lipinski definition) is 2. The maximum atomic E-state index is 13.8. The van der Waals surface area contributed by atoms with Crippen LogP contribution in [0.5, 0.6) is 0 Å². The van der Waals surface area contributed by atoms with Gasteiger partial charge >= 0.3 is 0 Å². The van der Waals surface area contributed by atoms with Gasteiger partial charge in [0, 0.05) is 12.6 Å². The third kappa shape index (κ3) is 4.38. The third-order valence-corrected chi connectivity index (χ3v) is 3.50. The maximum Gasteiger partial charge on any atom is 0.270 e. The van der Waals surface area contributed by atoms with Crippen LogP contribution in [-0.4, -0.2) is 15.9 Å². The molecule has 3 aromatic rings. The van der Waals surface area contributed by atoms with Gasteiger partial charge < -0.3 is 10.6 Å². The number of carbonyl (C=O) groups excluding carboxylic acids is 1. The molecule has 0 spiro atoms. The van der Waals surface area contributed by atoms with Crippen molar-refractivity contribution >= 4 is 17.4 Å². The monoisotopic (exact) mass is 336 g/mol. The Morgan fingerprint density at radius 2 is 1.76 bits per heavy atom. The molecule has 25 heavy (non-hydrogen) atoms. The van der Waals surface area contributed by atoms with Gasteiger partial charge in [0.25, 0.3) is 5.91 Å². The van der Waals surface area contributed by atoms with Gasteiger partial charge in [-0.3, -0.25) is 4.79 Å². The summed E-state index contributed by atoms with van der Waals surface area (Å²) in [6.07, 6.45) is 0. The number of nitrogens with one attached hydrogen (secondary N) is 2. The summed E-state index contributed by atoms with van der Waals surface area (Å²) in [7, 11) is 0. The van der Waals surface area contributed by atoms with Crippen LogP contribution < -0.4 is 10.6 Å². The van der Waals surface area contributed by atoms with Gasteiger partial charge in [0.1, 0.15) is 23.2 Å². The Kier molecular flexibility index (Phi) is 4.99. The summed E-state index contributed by atoms with van der Waals surface area (Å²) in [5, 5.41) is 5.69. The molecule has 0 atom stereocenters. The van der Waals surface area contributed by atoms with Crippen LogP contribution in [0.1, 0.15) is 21.9 Å². The van der Waals surface area contributed by atoms with Crippen molar-refractivity contribution in [1.29, 1.82) is 0 Å². The summed E-state index contributed by atoms with van der Waals surface area (Å²) in [6.45, 7) is 2.08. The fourth-order valence-electron chi connectivity index (χ4n) is 2.32. The Bertz CT molecular complexity index is 884. The molecule has 0 bridgehead atoms. The zero-order chi connectivity index (χ0) is 17.6. The van der Waals surface area contributed by atoms with E-state index in [1.54, 1.807) is 25.1 Å². The largest absolute Gasteiger partial charge is 0.347 e. The Morgan fingerprint density at radius 1 is 1.04 bits per heavy atom. The van der Waals surface area contributed by atoms with E-state index in [4.69, 9.17) is 0 Å². The lowest BCUT2D eigenvalue weighted by Crippen LogP contribution is -2.24. The molecule has 1 heterocycles. The van der Waals surface area contributed by atoms with Crippen molar-refractivity contribution in [2.75, 3.05) is 5.32 Å². The number of carbonyl (C=O) groups is 1. The number of anilines is 2. The van der Waals surface area contributed by atoms with E-state index in [-0.39, 0.29) is 17.3 Å². The number of para-hydroxylation sites is 1. The lowest BCUT2D eigenvalue weighted by molar-refractivity contribution is 0.0945. The SMILES string of the molecule is Cc1nc(Nc2ccccc2F)cc(C(=O)NCc2ccccc2)n1. The molecule has 1 aromatic heterocycles. The number of benzene rings is 2. The van der Waals surface area contributed by atoms with E-state index in [1.807, 2.05) is 30.3 Å². The topological polar surface area (TPSA) is 66.9 Å². The molecule has 0 aliphatic rings. The first-order chi connectivity index (χ1) is 12.1. The second-order valence-electron chi connectivity index (χ2n) is 5.46. The van der Waals surface area contributed by atoms with Gasteiger partial charge in [-0.05, 0) is 24.6 Å². The van der Waals surface area contributed by atoms with Gasteiger partial charge in [-0.2, -0.15) is 0 Å². The van der Waals surface area contributed by atoms with E-state index in [2.05, 4.69) is 20.6 Å². The summed E-state index contributed by atoms with van der Waals surface area (Å²) in [5.74, 6) is 0.0773. The molecule has 0 fully saturated rings. The average molecular weight is 336 g/mol. The van der Waals surface area contributed by atoms with Crippen molar-refractivity contribution in [2.24, 2.45) is 0 Å². The molecule has 0 saturated carbocycles. The molecule has 0 aliphatic heterocycles. The molecule has 6 heteroatoms. The normalized spacial score (nSPS) is 10.3. The summed E-state index contributed by atoms with van der Waals surface area (Å²) in [4.78, 5) is 20.7. The van der Waals surface area contributed by atoms with Crippen LogP contribution in [0.25, 0.3) is 0 Å². The number of nitrogens with zero attached hydrogens (tertiary/aromatic N) is 2. The highest BCUT2D eigenvalue weighted by molar-refractivity contribution is 5.93. The Hall–Kier alpha value is -3.28. The number of aromatic nitrogens is 2. The van der Waals surface area contributed by atoms with Crippen molar-refractivity contribution in [1.82, 2.24) is 15.3 Å². The zero-order valence-corrected chi connectivity index (χ0v) is 13.7. The predicted octanol–water partition coefficient (Wildman–Crippen LogP) is 3.60. The highest BCUT2D eigenvalue weighted by Gasteiger charge is 2.11. The summed E-state index contributed by atoms with van der Waals surface area (Å²) in [5.41, 5.74) is 1.50. The Balaban J connectivity index is 1.74. The molecule has 3 rings (SSSR count). The minimum Gasteiger partial charge on any atom is -0.347 e. The van der Waals surface area contributed by atoms with Crippen LogP contribution >= 0.6 is 0 Å². The number of rotatable bonds is 5. The van der Waals surface area contributed by atoms with E-state index >= 15 is 0 Å². The smallest absolute Gasteiger partial charge is 0.270 e. The molecule has 1 amide bonds. The van der Waals surface area contributed by atoms with Gasteiger partial charge in [0.2, 0.25) is 0 Å². The van der Waals surface area contributed by atoms with Crippen molar-refractivity contribution < 1.29 is 9.18 Å². The summed E-state index contributed by atoms with van der Waals surface area (Å²) >= 11 is 0. The standard InChI is InChI=1S/C19H17FN4O/c1-13-22-17(19(25)21-12-14-7-3-2-4-8-14)11-18(23-13)24-16-10-6-5-9-15(16)20/h2-11H,12H2,1H3,(H,21,25)(H,22,23,24). The zero-order valence-electron chi connectivity index (χ0n) is 13.7. The second-order valence-corrected chi connectivity index (χ2v) is 5.46. The van der Waals surface area contributed by atoms with Crippen molar-refractivity contribution in [3.05, 3.63) is 83.6 Å². The first kappa shape index (κ1) is 16.6. The van der Waals surface area contributed by atoms with Crippen molar-refractivity contribution in [3.8, 4) is 0 Å². The molecule has 2 aromatic carbocycles. The number of aryl methyl sites for hydroxylation is 1. The second kappa shape index (κ2) is 7.53. The lowest BCUT2D eigenvalue weighted by atomic mass is 10.2. The molecule has 0 unspecified atom stereocenters. The molecular weight excluding hydrogens is 319 g/mol. The van der Waals surface area contributed by atoms with Crippen LogP contribution in [0.4, 0.5) is 15.9 Å². The molecular formula is C19H17FN4O. The van der Waals surface area contributed by atoms with E-state index in [1.165, 1.54) is 12.1 Å². The van der Waals surface area contributed by atoms with Crippen LogP contribution in [0.3, 0.4) is 0 Å². The van der Waals surface area contributed by atoms with Gasteiger partial charge in [-0.15, -0.1) is 0 Å². The molecule has 0 radical (unpaired) electrons. The molecule has 5 nitrogen and oxygen atoms in total. The highest BCUT2D eigenvalue weighted by atomic mass is 19.1. The van der Waals surface area contributed by atoms with Gasteiger partial charge in [0.05, 0.1) is 5.69 Å². The maximum absolute atomic E-state index is 13.8. The quantitative estimate of drug-likeness (QED) is 0.747. The summed E-state index contributed by atoms with van der Waals surface area (Å²) in [6, 6.07) is 17.4. The fourth-order valence-corrected chi connectivity index (χ4v) is 2.32. The average Bonchev–Trinajstić information content (AvgIpc) is 2.62. The fraction of sp³-hybridized carbons (Fsp3) is 0.105. The molecule has 0 saturated heterocycles. The highest BCUT2D eigenvalue weighted by Crippen LogP contribution is 2.18. The summed E-state index contributed by atoms with van der Waals surface area (Å²) < 4.78 is 13.8. The van der Waals surface area contributed by atoms with E-state index in [0.717, 1.165) is 5.56 Å². The minimum atomic E-state index is -0.395. The van der Waals surface area contributed by atoms with Crippen molar-refractivity contribution in [2.45, 2.75) is 13.5 Å². The number of amides is 1. The number of hydrogen-bond acceptors (Lipinski definition) is 4. The van der Waals surface area contributed by atoms with Crippen LogP contribution in [0.15, 0.2) is 60.7 Å². The first-order valence-electron chi connectivity index (χ1n) is 7.81. The van der Waals surface area contributed by atoms with Crippen molar-refractivity contribution in [3.63, 3.8) is 0 Å². The third-order valence-electron chi connectivity index (χ3n) is 3.50. The van der Waals surface area contributed by atoms with Gasteiger partial charge in [0.15, 0.2) is 0 Å². The first-order valence-corrected chi connectivity index (χ1v) is 7.81.